The fourth-order valence-corrected chi connectivity index (χ4v) is 2.98. The predicted octanol–water partition coefficient (Wildman–Crippen LogP) is -3.63. The summed E-state index contributed by atoms with van der Waals surface area (Å²) < 4.78 is 5.48. The molecule has 0 saturated carbocycles. The molecule has 0 aromatic heterocycles. The van der Waals surface area contributed by atoms with Crippen molar-refractivity contribution in [3.63, 3.8) is 0 Å². The van der Waals surface area contributed by atoms with E-state index >= 15 is 0 Å². The van der Waals surface area contributed by atoms with E-state index in [0.717, 1.165) is 0 Å². The Morgan fingerprint density at radius 1 is 1.50 bits per heavy atom. The molecule has 3 heterocycles. The number of nitrogens with one attached hydrogen (secondary N) is 1. The van der Waals surface area contributed by atoms with E-state index in [4.69, 9.17) is 10.5 Å². The monoisotopic (exact) mass is 340 g/mol. The van der Waals surface area contributed by atoms with Gasteiger partial charge < -0.3 is 31.1 Å². The molecule has 5 atom stereocenters. The summed E-state index contributed by atoms with van der Waals surface area (Å²) in [6.07, 6.45) is -3.32. The minimum absolute atomic E-state index is 0.0102. The van der Waals surface area contributed by atoms with Crippen LogP contribution in [0.4, 0.5) is 0 Å². The topological polar surface area (TPSA) is 165 Å². The first-order chi connectivity index (χ1) is 11.5. The quantitative estimate of drug-likeness (QED) is 0.352. The zero-order valence-corrected chi connectivity index (χ0v) is 13.0. The average molecular weight is 340 g/mol. The van der Waals surface area contributed by atoms with Gasteiger partial charge in [-0.05, 0) is 6.92 Å². The molecule has 0 spiro atoms. The molecule has 11 nitrogen and oxygen atoms in total. The van der Waals surface area contributed by atoms with Crippen LogP contribution in [0.15, 0.2) is 15.0 Å². The number of carbonyl (C=O) groups is 1. The third kappa shape index (κ3) is 2.20. The minimum Gasteiger partial charge on any atom is -0.394 e. The third-order valence-electron chi connectivity index (χ3n) is 4.23. The van der Waals surface area contributed by atoms with Crippen molar-refractivity contribution in [1.29, 1.82) is 0 Å². The lowest BCUT2D eigenvalue weighted by atomic mass is 9.94. The zero-order chi connectivity index (χ0) is 17.5. The molecule has 1 fully saturated rings. The first-order valence-corrected chi connectivity index (χ1v) is 7.57. The molecule has 1 unspecified atom stereocenters. The second-order valence-electron chi connectivity index (χ2n) is 5.62. The summed E-state index contributed by atoms with van der Waals surface area (Å²) in [5.74, 6) is -0.338. The van der Waals surface area contributed by atoms with Gasteiger partial charge in [-0.3, -0.25) is 9.69 Å². The van der Waals surface area contributed by atoms with E-state index in [1.54, 1.807) is 6.92 Å². The van der Waals surface area contributed by atoms with Crippen molar-refractivity contribution in [3.05, 3.63) is 0 Å². The Balaban J connectivity index is 1.93. The lowest BCUT2D eigenvalue weighted by molar-refractivity contribution is -0.122. The van der Waals surface area contributed by atoms with Crippen LogP contribution < -0.4 is 11.1 Å². The van der Waals surface area contributed by atoms with Gasteiger partial charge in [-0.1, -0.05) is 0 Å². The summed E-state index contributed by atoms with van der Waals surface area (Å²) in [6, 6.07) is 0. The van der Waals surface area contributed by atoms with Gasteiger partial charge in [-0.2, -0.15) is 0 Å². The average Bonchev–Trinajstić information content (AvgIpc) is 3.09. The molecular weight excluding hydrogens is 320 g/mol. The van der Waals surface area contributed by atoms with Gasteiger partial charge in [0.1, 0.15) is 30.8 Å². The van der Waals surface area contributed by atoms with Crippen molar-refractivity contribution in [2.75, 3.05) is 19.8 Å². The van der Waals surface area contributed by atoms with E-state index in [-0.39, 0.29) is 18.3 Å². The molecule has 11 heteroatoms. The summed E-state index contributed by atoms with van der Waals surface area (Å²) in [5, 5.41) is 32.0. The number of hydrogen-bond acceptors (Lipinski definition) is 10. The Hall–Kier alpha value is -2.08. The van der Waals surface area contributed by atoms with Gasteiger partial charge in [-0.25, -0.2) is 15.0 Å². The lowest BCUT2D eigenvalue weighted by Crippen LogP contribution is -2.63. The van der Waals surface area contributed by atoms with Crippen LogP contribution in [0.3, 0.4) is 0 Å². The number of likely N-dealkylation sites (N-methyl/N-ethyl adjacent to an activating group) is 1. The maximum absolute atomic E-state index is 12.6. The fourth-order valence-electron chi connectivity index (χ4n) is 2.98. The van der Waals surface area contributed by atoms with Crippen molar-refractivity contribution in [2.45, 2.75) is 37.0 Å². The molecule has 1 saturated heterocycles. The molecule has 3 rings (SSSR count). The van der Waals surface area contributed by atoms with Gasteiger partial charge >= 0.3 is 0 Å². The second kappa shape index (κ2) is 6.09. The number of fused-ring (bicyclic) bond motifs is 1. The van der Waals surface area contributed by atoms with E-state index in [1.807, 2.05) is 0 Å². The number of ether oxygens (including phenoxy) is 1. The zero-order valence-electron chi connectivity index (χ0n) is 13.0. The molecule has 1 amide bonds. The highest BCUT2D eigenvalue weighted by molar-refractivity contribution is 6.34. The summed E-state index contributed by atoms with van der Waals surface area (Å²) in [6.45, 7) is 1.67. The number of aliphatic imine (C=N–C) groups is 3. The Labute approximate surface area is 137 Å². The van der Waals surface area contributed by atoms with Crippen LogP contribution in [0, 0.1) is 0 Å². The number of nitrogens with two attached hydrogens (primary N) is 1. The molecule has 24 heavy (non-hydrogen) atoms. The Morgan fingerprint density at radius 2 is 2.25 bits per heavy atom. The highest BCUT2D eigenvalue weighted by Crippen LogP contribution is 2.31. The number of carbonyl (C=O) groups excluding carboxylic acids is 1. The molecule has 3 aliphatic rings. The fraction of sp³-hybridized carbons (Fsp3) is 0.692. The standard InChI is InChI=1S/C13H20N6O5/c1-2-15-12(23)13-10(14)16-4-17-11(13)19(5-18-13)9-8(22)7(21)6(3-20)24-9/h5-9,20-22H,2-4H2,1H3,(H2,14,16)(H,15,23)/t6-,7-,8-,9-,13?/m1/s1. The summed E-state index contributed by atoms with van der Waals surface area (Å²) in [5.41, 5.74) is 4.33. The Kier molecular flexibility index (Phi) is 4.25. The van der Waals surface area contributed by atoms with Crippen LogP contribution in [-0.2, 0) is 9.53 Å². The maximum atomic E-state index is 12.6. The number of aliphatic hydroxyl groups excluding tert-OH is 3. The van der Waals surface area contributed by atoms with Gasteiger partial charge in [0.2, 0.25) is 0 Å². The molecule has 0 aromatic rings. The van der Waals surface area contributed by atoms with E-state index in [2.05, 4.69) is 20.3 Å². The van der Waals surface area contributed by atoms with Gasteiger partial charge in [0, 0.05) is 6.54 Å². The SMILES string of the molecule is CCNC(=O)C12N=CN([C@@H]3O[C@H](CO)[C@@H](O)[C@H]3O)C1=NCN=C2N. The number of aliphatic hydroxyl groups is 3. The van der Waals surface area contributed by atoms with Crippen molar-refractivity contribution < 1.29 is 24.9 Å². The first kappa shape index (κ1) is 16.8. The number of rotatable bonds is 4. The Morgan fingerprint density at radius 3 is 2.88 bits per heavy atom. The molecule has 0 radical (unpaired) electrons. The number of amides is 1. The first-order valence-electron chi connectivity index (χ1n) is 7.57. The van der Waals surface area contributed by atoms with Crippen LogP contribution in [-0.4, -0.2) is 94.0 Å². The highest BCUT2D eigenvalue weighted by Gasteiger charge is 2.58. The predicted molar refractivity (Wildman–Crippen MR) is 83.4 cm³/mol. The van der Waals surface area contributed by atoms with Crippen LogP contribution in [0.2, 0.25) is 0 Å². The number of nitrogens with zero attached hydrogens (tertiary/aromatic N) is 4. The van der Waals surface area contributed by atoms with Crippen molar-refractivity contribution in [2.24, 2.45) is 20.7 Å². The second-order valence-corrected chi connectivity index (χ2v) is 5.62. The van der Waals surface area contributed by atoms with Crippen LogP contribution >= 0.6 is 0 Å². The minimum atomic E-state index is -1.61. The van der Waals surface area contributed by atoms with Gasteiger partial charge in [-0.15, -0.1) is 0 Å². The molecule has 6 N–H and O–H groups in total. The summed E-state index contributed by atoms with van der Waals surface area (Å²) in [7, 11) is 0. The molecule has 3 aliphatic heterocycles. The van der Waals surface area contributed by atoms with Gasteiger partial charge in [0.05, 0.1) is 12.9 Å². The third-order valence-corrected chi connectivity index (χ3v) is 4.23. The molecule has 132 valence electrons. The highest BCUT2D eigenvalue weighted by atomic mass is 16.6. The van der Waals surface area contributed by atoms with E-state index in [0.29, 0.717) is 6.54 Å². The molecule has 0 bridgehead atoms. The van der Waals surface area contributed by atoms with Crippen molar-refractivity contribution >= 4 is 23.9 Å². The van der Waals surface area contributed by atoms with Crippen LogP contribution in [0.1, 0.15) is 6.92 Å². The summed E-state index contributed by atoms with van der Waals surface area (Å²) >= 11 is 0. The lowest BCUT2D eigenvalue weighted by Gasteiger charge is -2.33. The van der Waals surface area contributed by atoms with Crippen molar-refractivity contribution in [3.8, 4) is 0 Å². The maximum Gasteiger partial charge on any atom is 0.263 e. The largest absolute Gasteiger partial charge is 0.394 e. The van der Waals surface area contributed by atoms with Gasteiger partial charge in [0.15, 0.2) is 12.1 Å². The van der Waals surface area contributed by atoms with E-state index in [9.17, 15) is 20.1 Å². The van der Waals surface area contributed by atoms with E-state index < -0.39 is 42.6 Å². The van der Waals surface area contributed by atoms with Gasteiger partial charge in [0.25, 0.3) is 11.4 Å². The number of amidine groups is 2. The Bertz CT molecular complexity index is 622. The van der Waals surface area contributed by atoms with Crippen molar-refractivity contribution in [1.82, 2.24) is 10.2 Å². The molecular formula is C13H20N6O5. The number of hydrogen-bond donors (Lipinski definition) is 5. The van der Waals surface area contributed by atoms with E-state index in [1.165, 1.54) is 11.2 Å². The smallest absolute Gasteiger partial charge is 0.263 e. The normalized spacial score (nSPS) is 37.9. The van der Waals surface area contributed by atoms with Crippen LogP contribution in [0.25, 0.3) is 0 Å². The molecule has 0 aliphatic carbocycles. The molecule has 0 aromatic carbocycles. The summed E-state index contributed by atoms with van der Waals surface area (Å²) in [4.78, 5) is 26.3. The van der Waals surface area contributed by atoms with Crippen LogP contribution in [0.5, 0.6) is 0 Å².